The minimum atomic E-state index is -3.95. The van der Waals surface area contributed by atoms with Crippen molar-refractivity contribution in [1.82, 2.24) is 9.03 Å². The molecule has 1 aliphatic carbocycles. The minimum Gasteiger partial charge on any atom is -0.494 e. The average molecular weight is 524 g/mol. The van der Waals surface area contributed by atoms with Crippen molar-refractivity contribution >= 4 is 31.6 Å². The number of aryl methyl sites for hydroxylation is 1. The van der Waals surface area contributed by atoms with Crippen LogP contribution in [0, 0.1) is 6.92 Å². The van der Waals surface area contributed by atoms with E-state index in [0.717, 1.165) is 19.3 Å². The molecule has 0 radical (unpaired) electrons. The first kappa shape index (κ1) is 27.1. The van der Waals surface area contributed by atoms with Crippen LogP contribution in [0.5, 0.6) is 5.75 Å². The smallest absolute Gasteiger partial charge is 0.243 e. The number of nitrogens with zero attached hydrogens (tertiary/aromatic N) is 1. The Hall–Kier alpha value is -2.47. The molecule has 0 spiro atoms. The van der Waals surface area contributed by atoms with E-state index in [4.69, 9.17) is 4.74 Å². The summed E-state index contributed by atoms with van der Waals surface area (Å²) < 4.78 is 60.5. The number of hydrogen-bond acceptors (Lipinski definition) is 6. The monoisotopic (exact) mass is 523 g/mol. The number of rotatable bonds is 10. The molecule has 2 N–H and O–H groups in total. The maximum atomic E-state index is 13.6. The zero-order valence-electron chi connectivity index (χ0n) is 20.3. The van der Waals surface area contributed by atoms with Crippen molar-refractivity contribution in [3.05, 3.63) is 48.0 Å². The van der Waals surface area contributed by atoms with Gasteiger partial charge in [0.15, 0.2) is 0 Å². The number of carbonyl (C=O) groups excluding carboxylic acids is 1. The van der Waals surface area contributed by atoms with Crippen LogP contribution in [0.3, 0.4) is 0 Å². The fourth-order valence-electron chi connectivity index (χ4n) is 4.14. The molecule has 0 bridgehead atoms. The maximum Gasteiger partial charge on any atom is 0.243 e. The molecule has 1 saturated carbocycles. The fourth-order valence-corrected chi connectivity index (χ4v) is 6.54. The van der Waals surface area contributed by atoms with Gasteiger partial charge in [0.25, 0.3) is 0 Å². The molecule has 192 valence electrons. The lowest BCUT2D eigenvalue weighted by molar-refractivity contribution is -0.116. The SMILES string of the molecule is CCOc1ccc(S(=O)(=O)N(CC(=O)Nc2cc(S(=O)(=O)NC)ccc2C)C2CCCCC2)cc1. The van der Waals surface area contributed by atoms with Crippen LogP contribution < -0.4 is 14.8 Å². The minimum absolute atomic E-state index is 0.00652. The number of ether oxygens (including phenoxy) is 1. The number of benzene rings is 2. The third kappa shape index (κ3) is 6.60. The number of amides is 1. The number of hydrogen-bond donors (Lipinski definition) is 2. The van der Waals surface area contributed by atoms with Gasteiger partial charge in [-0.25, -0.2) is 21.6 Å². The highest BCUT2D eigenvalue weighted by molar-refractivity contribution is 7.89. The van der Waals surface area contributed by atoms with Crippen LogP contribution in [-0.2, 0) is 24.8 Å². The predicted molar refractivity (Wildman–Crippen MR) is 134 cm³/mol. The van der Waals surface area contributed by atoms with Crippen LogP contribution >= 0.6 is 0 Å². The summed E-state index contributed by atoms with van der Waals surface area (Å²) in [5.41, 5.74) is 0.973. The summed E-state index contributed by atoms with van der Waals surface area (Å²) in [6.07, 6.45) is 4.18. The second-order valence-corrected chi connectivity index (χ2v) is 12.3. The van der Waals surface area contributed by atoms with Crippen LogP contribution in [0.4, 0.5) is 5.69 Å². The number of nitrogens with one attached hydrogen (secondary N) is 2. The molecular formula is C24H33N3O6S2. The van der Waals surface area contributed by atoms with E-state index in [-0.39, 0.29) is 22.4 Å². The van der Waals surface area contributed by atoms with Crippen molar-refractivity contribution < 1.29 is 26.4 Å². The van der Waals surface area contributed by atoms with Gasteiger partial charge in [0.2, 0.25) is 26.0 Å². The lowest BCUT2D eigenvalue weighted by Crippen LogP contribution is -2.45. The van der Waals surface area contributed by atoms with E-state index >= 15 is 0 Å². The van der Waals surface area contributed by atoms with E-state index in [1.165, 1.54) is 35.6 Å². The zero-order valence-corrected chi connectivity index (χ0v) is 21.9. The van der Waals surface area contributed by atoms with E-state index in [0.29, 0.717) is 36.4 Å². The zero-order chi connectivity index (χ0) is 25.6. The lowest BCUT2D eigenvalue weighted by atomic mass is 9.95. The molecule has 0 aliphatic heterocycles. The first-order valence-corrected chi connectivity index (χ1v) is 14.6. The van der Waals surface area contributed by atoms with E-state index in [9.17, 15) is 21.6 Å². The third-order valence-corrected chi connectivity index (χ3v) is 9.41. The molecule has 1 fully saturated rings. The fraction of sp³-hybridized carbons (Fsp3) is 0.458. The summed E-state index contributed by atoms with van der Waals surface area (Å²) in [4.78, 5) is 13.2. The Morgan fingerprint density at radius 3 is 2.23 bits per heavy atom. The summed E-state index contributed by atoms with van der Waals surface area (Å²) in [6.45, 7) is 3.68. The summed E-state index contributed by atoms with van der Waals surface area (Å²) in [5.74, 6) is 0.0347. The van der Waals surface area contributed by atoms with Crippen LogP contribution in [-0.4, -0.2) is 53.3 Å². The van der Waals surface area contributed by atoms with Gasteiger partial charge in [0.1, 0.15) is 5.75 Å². The van der Waals surface area contributed by atoms with Crippen molar-refractivity contribution in [1.29, 1.82) is 0 Å². The molecule has 1 amide bonds. The lowest BCUT2D eigenvalue weighted by Gasteiger charge is -2.33. The van der Waals surface area contributed by atoms with E-state index in [1.807, 2.05) is 6.92 Å². The van der Waals surface area contributed by atoms with Gasteiger partial charge in [-0.3, -0.25) is 4.79 Å². The van der Waals surface area contributed by atoms with Crippen LogP contribution in [0.2, 0.25) is 0 Å². The maximum absolute atomic E-state index is 13.6. The summed E-state index contributed by atoms with van der Waals surface area (Å²) in [6, 6.07) is 10.3. The highest BCUT2D eigenvalue weighted by atomic mass is 32.2. The van der Waals surface area contributed by atoms with Crippen LogP contribution in [0.25, 0.3) is 0 Å². The van der Waals surface area contributed by atoms with Crippen molar-refractivity contribution in [2.24, 2.45) is 0 Å². The van der Waals surface area contributed by atoms with Gasteiger partial charge in [-0.1, -0.05) is 25.3 Å². The van der Waals surface area contributed by atoms with Crippen LogP contribution in [0.1, 0.15) is 44.6 Å². The molecule has 0 saturated heterocycles. The Kier molecular flexibility index (Phi) is 8.92. The van der Waals surface area contributed by atoms with Crippen LogP contribution in [0.15, 0.2) is 52.3 Å². The van der Waals surface area contributed by atoms with Gasteiger partial charge in [-0.05, 0) is 75.7 Å². The van der Waals surface area contributed by atoms with Gasteiger partial charge in [-0.2, -0.15) is 4.31 Å². The molecule has 3 rings (SSSR count). The quantitative estimate of drug-likeness (QED) is 0.493. The van der Waals surface area contributed by atoms with Crippen molar-refractivity contribution in [3.63, 3.8) is 0 Å². The molecule has 2 aromatic carbocycles. The van der Waals surface area contributed by atoms with E-state index in [1.54, 1.807) is 25.1 Å². The summed E-state index contributed by atoms with van der Waals surface area (Å²) in [7, 11) is -6.35. The van der Waals surface area contributed by atoms with Gasteiger partial charge in [-0.15, -0.1) is 0 Å². The van der Waals surface area contributed by atoms with E-state index in [2.05, 4.69) is 10.0 Å². The second-order valence-electron chi connectivity index (χ2n) is 8.48. The van der Waals surface area contributed by atoms with Gasteiger partial charge < -0.3 is 10.1 Å². The first-order chi connectivity index (χ1) is 16.6. The van der Waals surface area contributed by atoms with Gasteiger partial charge in [0.05, 0.1) is 22.9 Å². The second kappa shape index (κ2) is 11.5. The Bertz CT molecular complexity index is 1240. The molecule has 0 unspecified atom stereocenters. The summed E-state index contributed by atoms with van der Waals surface area (Å²) in [5, 5.41) is 2.71. The molecule has 0 heterocycles. The first-order valence-electron chi connectivity index (χ1n) is 11.7. The van der Waals surface area contributed by atoms with Gasteiger partial charge in [0, 0.05) is 11.7 Å². The Balaban J connectivity index is 1.87. The highest BCUT2D eigenvalue weighted by Crippen LogP contribution is 2.29. The Morgan fingerprint density at radius 1 is 1.00 bits per heavy atom. The molecule has 11 heteroatoms. The summed E-state index contributed by atoms with van der Waals surface area (Å²) >= 11 is 0. The van der Waals surface area contributed by atoms with Crippen molar-refractivity contribution in [2.75, 3.05) is 25.5 Å². The molecule has 2 aromatic rings. The third-order valence-electron chi connectivity index (χ3n) is 6.08. The molecule has 35 heavy (non-hydrogen) atoms. The standard InChI is InChI=1S/C24H33N3O6S2/c1-4-33-20-11-14-21(15-12-20)35(31,32)27(19-8-6-5-7-9-19)17-24(28)26-23-16-22(13-10-18(23)2)34(29,30)25-3/h10-16,19,25H,4-9,17H2,1-3H3,(H,26,28). The van der Waals surface area contributed by atoms with Crippen molar-refractivity contribution in [2.45, 2.75) is 61.8 Å². The normalized spacial score (nSPS) is 15.2. The Morgan fingerprint density at radius 2 is 1.63 bits per heavy atom. The van der Waals surface area contributed by atoms with Crippen molar-refractivity contribution in [3.8, 4) is 5.75 Å². The molecule has 9 nitrogen and oxygen atoms in total. The Labute approximate surface area is 208 Å². The topological polar surface area (TPSA) is 122 Å². The largest absolute Gasteiger partial charge is 0.494 e. The molecule has 0 aromatic heterocycles. The molecule has 0 atom stereocenters. The molecule has 1 aliphatic rings. The number of carbonyl (C=O) groups is 1. The number of sulfonamides is 2. The average Bonchev–Trinajstić information content (AvgIpc) is 2.85. The predicted octanol–water partition coefficient (Wildman–Crippen LogP) is 3.26. The number of anilines is 1. The van der Waals surface area contributed by atoms with Gasteiger partial charge >= 0.3 is 0 Å². The van der Waals surface area contributed by atoms with E-state index < -0.39 is 26.0 Å². The highest BCUT2D eigenvalue weighted by Gasteiger charge is 2.34. The molecular weight excluding hydrogens is 490 g/mol.